The number of hydrogen-bond donors (Lipinski definition) is 1. The van der Waals surface area contributed by atoms with Gasteiger partial charge in [-0.1, -0.05) is 51.5 Å². The number of benzene rings is 2. The number of anilines is 1. The third-order valence-corrected chi connectivity index (χ3v) is 6.12. The molecular weight excluding hydrogens is 464 g/mol. The molecule has 3 rings (SSSR count). The molecule has 0 saturated heterocycles. The second-order valence-corrected chi connectivity index (χ2v) is 8.50. The lowest BCUT2D eigenvalue weighted by Gasteiger charge is -2.10. The summed E-state index contributed by atoms with van der Waals surface area (Å²) in [5.74, 6) is 1.57. The first kappa shape index (κ1) is 22.1. The highest BCUT2D eigenvalue weighted by Crippen LogP contribution is 2.22. The highest BCUT2D eigenvalue weighted by Gasteiger charge is 2.14. The van der Waals surface area contributed by atoms with E-state index in [1.54, 1.807) is 6.08 Å². The van der Waals surface area contributed by atoms with Crippen molar-refractivity contribution in [2.75, 3.05) is 11.1 Å². The Morgan fingerprint density at radius 2 is 2.00 bits per heavy atom. The zero-order valence-electron chi connectivity index (χ0n) is 16.9. The van der Waals surface area contributed by atoms with Crippen LogP contribution in [0.4, 0.5) is 5.69 Å². The molecule has 156 valence electrons. The maximum Gasteiger partial charge on any atom is 0.234 e. The van der Waals surface area contributed by atoms with Crippen molar-refractivity contribution >= 4 is 39.3 Å². The summed E-state index contributed by atoms with van der Waals surface area (Å²) in [5, 5.41) is 12.0. The third kappa shape index (κ3) is 5.96. The van der Waals surface area contributed by atoms with E-state index in [2.05, 4.69) is 38.0 Å². The highest BCUT2D eigenvalue weighted by atomic mass is 79.9. The number of ether oxygens (including phenoxy) is 1. The van der Waals surface area contributed by atoms with Crippen molar-refractivity contribution in [1.82, 2.24) is 14.8 Å². The molecule has 0 unspecified atom stereocenters. The molecule has 0 radical (unpaired) electrons. The first-order chi connectivity index (χ1) is 14.5. The minimum atomic E-state index is -0.104. The first-order valence-corrected chi connectivity index (χ1v) is 11.2. The average molecular weight is 487 g/mol. The summed E-state index contributed by atoms with van der Waals surface area (Å²) in [5.41, 5.74) is 3.00. The Morgan fingerprint density at radius 1 is 1.23 bits per heavy atom. The molecule has 1 aromatic heterocycles. The van der Waals surface area contributed by atoms with Crippen LogP contribution in [0.3, 0.4) is 0 Å². The molecule has 0 aliphatic rings. The van der Waals surface area contributed by atoms with Gasteiger partial charge in [0, 0.05) is 16.7 Å². The molecule has 0 saturated carbocycles. The number of rotatable bonds is 9. The van der Waals surface area contributed by atoms with Gasteiger partial charge in [-0.2, -0.15) is 0 Å². The number of hydrogen-bond acceptors (Lipinski definition) is 5. The van der Waals surface area contributed by atoms with E-state index in [1.165, 1.54) is 17.3 Å². The summed E-state index contributed by atoms with van der Waals surface area (Å²) in [6.07, 6.45) is 1.77. The average Bonchev–Trinajstić information content (AvgIpc) is 3.11. The van der Waals surface area contributed by atoms with Gasteiger partial charge < -0.3 is 10.1 Å². The van der Waals surface area contributed by atoms with Crippen molar-refractivity contribution in [2.45, 2.75) is 32.2 Å². The fourth-order valence-electron chi connectivity index (χ4n) is 2.68. The lowest BCUT2D eigenvalue weighted by Crippen LogP contribution is -2.15. The van der Waals surface area contributed by atoms with E-state index >= 15 is 0 Å². The van der Waals surface area contributed by atoms with Crippen LogP contribution in [-0.4, -0.2) is 26.4 Å². The maximum absolute atomic E-state index is 12.4. The summed E-state index contributed by atoms with van der Waals surface area (Å²) in [6.45, 7) is 8.63. The number of aromatic nitrogens is 3. The van der Waals surface area contributed by atoms with Crippen LogP contribution in [0.25, 0.3) is 0 Å². The van der Waals surface area contributed by atoms with Crippen LogP contribution in [-0.2, 0) is 17.9 Å². The number of amides is 1. The Bertz CT molecular complexity index is 1030. The van der Waals surface area contributed by atoms with Crippen LogP contribution >= 0.6 is 27.7 Å². The minimum absolute atomic E-state index is 0.104. The van der Waals surface area contributed by atoms with Gasteiger partial charge in [0.05, 0.1) is 5.75 Å². The van der Waals surface area contributed by atoms with Crippen LogP contribution in [0.15, 0.2) is 64.7 Å². The van der Waals surface area contributed by atoms with E-state index in [0.29, 0.717) is 17.5 Å². The zero-order valence-corrected chi connectivity index (χ0v) is 19.3. The number of thioether (sulfide) groups is 1. The van der Waals surface area contributed by atoms with E-state index < -0.39 is 0 Å². The van der Waals surface area contributed by atoms with E-state index in [4.69, 9.17) is 4.74 Å². The van der Waals surface area contributed by atoms with Crippen LogP contribution in [0, 0.1) is 13.8 Å². The van der Waals surface area contributed by atoms with Gasteiger partial charge in [0.1, 0.15) is 12.4 Å². The van der Waals surface area contributed by atoms with Crippen molar-refractivity contribution in [3.05, 3.63) is 76.5 Å². The molecule has 2 aromatic carbocycles. The van der Waals surface area contributed by atoms with Crippen LogP contribution in [0.5, 0.6) is 5.75 Å². The summed E-state index contributed by atoms with van der Waals surface area (Å²) in [4.78, 5) is 12.4. The molecule has 6 nitrogen and oxygen atoms in total. The molecule has 0 aliphatic heterocycles. The van der Waals surface area contributed by atoms with Gasteiger partial charge in [-0.15, -0.1) is 16.8 Å². The predicted molar refractivity (Wildman–Crippen MR) is 124 cm³/mol. The number of allylic oxidation sites excluding steroid dienone is 1. The lowest BCUT2D eigenvalue weighted by molar-refractivity contribution is -0.113. The molecule has 0 atom stereocenters. The topological polar surface area (TPSA) is 69.0 Å². The van der Waals surface area contributed by atoms with Gasteiger partial charge in [0.15, 0.2) is 11.0 Å². The molecule has 0 spiro atoms. The summed E-state index contributed by atoms with van der Waals surface area (Å²) < 4.78 is 8.74. The van der Waals surface area contributed by atoms with Crippen molar-refractivity contribution in [3.8, 4) is 5.75 Å². The number of nitrogens with one attached hydrogen (secondary N) is 1. The fraction of sp³-hybridized carbons (Fsp3) is 0.227. The molecule has 1 amide bonds. The predicted octanol–water partition coefficient (Wildman–Crippen LogP) is 5.15. The lowest BCUT2D eigenvalue weighted by atomic mass is 10.2. The molecule has 1 heterocycles. The summed E-state index contributed by atoms with van der Waals surface area (Å²) in [6, 6.07) is 13.5. The molecule has 3 aromatic rings. The number of nitrogens with zero attached hydrogens (tertiary/aromatic N) is 3. The van der Waals surface area contributed by atoms with Gasteiger partial charge in [-0.3, -0.25) is 9.36 Å². The third-order valence-electron chi connectivity index (χ3n) is 4.27. The van der Waals surface area contributed by atoms with E-state index in [9.17, 15) is 4.79 Å². The molecule has 0 bridgehead atoms. The van der Waals surface area contributed by atoms with Crippen molar-refractivity contribution in [2.24, 2.45) is 0 Å². The summed E-state index contributed by atoms with van der Waals surface area (Å²) >= 11 is 4.79. The first-order valence-electron chi connectivity index (χ1n) is 9.37. The standard InChI is InChI=1S/C22H23BrN4O2S/c1-4-11-27-20(13-29-18-8-5-15(2)6-9-18)25-26-22(27)30-14-21(28)24-17-7-10-19(23)16(3)12-17/h4-10,12H,1,11,13-14H2,2-3H3,(H,24,28). The van der Waals surface area contributed by atoms with Crippen molar-refractivity contribution in [3.63, 3.8) is 0 Å². The Hall–Kier alpha value is -2.58. The highest BCUT2D eigenvalue weighted by molar-refractivity contribution is 9.10. The number of carbonyl (C=O) groups excluding carboxylic acids is 1. The van der Waals surface area contributed by atoms with Crippen LogP contribution in [0.2, 0.25) is 0 Å². The zero-order chi connectivity index (χ0) is 21.5. The van der Waals surface area contributed by atoms with E-state index in [-0.39, 0.29) is 18.3 Å². The van der Waals surface area contributed by atoms with Gasteiger partial charge in [-0.25, -0.2) is 0 Å². The minimum Gasteiger partial charge on any atom is -0.486 e. The Labute approximate surface area is 188 Å². The second-order valence-electron chi connectivity index (χ2n) is 6.70. The Kier molecular flexibility index (Phi) is 7.70. The quantitative estimate of drug-likeness (QED) is 0.334. The largest absolute Gasteiger partial charge is 0.486 e. The van der Waals surface area contributed by atoms with Crippen LogP contribution in [0.1, 0.15) is 17.0 Å². The molecule has 30 heavy (non-hydrogen) atoms. The normalized spacial score (nSPS) is 10.6. The molecule has 1 N–H and O–H groups in total. The van der Waals surface area contributed by atoms with E-state index in [0.717, 1.165) is 21.5 Å². The van der Waals surface area contributed by atoms with Gasteiger partial charge in [0.2, 0.25) is 5.91 Å². The number of aryl methyl sites for hydroxylation is 2. The monoisotopic (exact) mass is 486 g/mol. The van der Waals surface area contributed by atoms with Crippen LogP contribution < -0.4 is 10.1 Å². The van der Waals surface area contributed by atoms with Gasteiger partial charge in [-0.05, 0) is 49.7 Å². The molecule has 8 heteroatoms. The SMILES string of the molecule is C=CCn1c(COc2ccc(C)cc2)nnc1SCC(=O)Nc1ccc(Br)c(C)c1. The molecule has 0 fully saturated rings. The van der Waals surface area contributed by atoms with E-state index in [1.807, 2.05) is 60.9 Å². The van der Waals surface area contributed by atoms with Crippen molar-refractivity contribution < 1.29 is 9.53 Å². The number of halogens is 1. The summed E-state index contributed by atoms with van der Waals surface area (Å²) in [7, 11) is 0. The maximum atomic E-state index is 12.4. The molecule has 0 aliphatic carbocycles. The fourth-order valence-corrected chi connectivity index (χ4v) is 3.69. The van der Waals surface area contributed by atoms with Gasteiger partial charge >= 0.3 is 0 Å². The Balaban J connectivity index is 1.60. The smallest absolute Gasteiger partial charge is 0.234 e. The second kappa shape index (κ2) is 10.4. The number of carbonyl (C=O) groups is 1. The van der Waals surface area contributed by atoms with Crippen molar-refractivity contribution in [1.29, 1.82) is 0 Å². The van der Waals surface area contributed by atoms with Gasteiger partial charge in [0.25, 0.3) is 0 Å². The molecular formula is C22H23BrN4O2S. The Morgan fingerprint density at radius 3 is 2.70 bits per heavy atom.